The fourth-order valence-electron chi connectivity index (χ4n) is 0.947. The lowest BCUT2D eigenvalue weighted by atomic mass is 10.3. The van der Waals surface area contributed by atoms with Crippen molar-refractivity contribution in [2.45, 2.75) is 6.92 Å². The molecule has 0 bridgehead atoms. The first-order valence-corrected chi connectivity index (χ1v) is 4.69. The zero-order valence-electron chi connectivity index (χ0n) is 8.78. The molecule has 16 heavy (non-hydrogen) atoms. The Morgan fingerprint density at radius 2 is 2.06 bits per heavy atom. The van der Waals surface area contributed by atoms with E-state index in [0.717, 1.165) is 0 Å². The molecular formula is C9H12N4O3. The number of nitro groups is 1. The average Bonchev–Trinajstić information content (AvgIpc) is 2.31. The highest BCUT2D eigenvalue weighted by Crippen LogP contribution is 2.18. The van der Waals surface area contributed by atoms with Gasteiger partial charge in [-0.05, 0) is 19.1 Å². The van der Waals surface area contributed by atoms with Crippen molar-refractivity contribution in [3.63, 3.8) is 0 Å². The quantitative estimate of drug-likeness (QED) is 0.357. The lowest BCUT2D eigenvalue weighted by Gasteiger charge is -2.09. The molecule has 0 fully saturated rings. The minimum absolute atomic E-state index is 0.00783. The van der Waals surface area contributed by atoms with Gasteiger partial charge >= 0.3 is 0 Å². The summed E-state index contributed by atoms with van der Waals surface area (Å²) >= 11 is 0. The van der Waals surface area contributed by atoms with Gasteiger partial charge < -0.3 is 5.11 Å². The third-order valence-corrected chi connectivity index (χ3v) is 1.88. The van der Waals surface area contributed by atoms with Crippen LogP contribution in [0.5, 0.6) is 0 Å². The van der Waals surface area contributed by atoms with Crippen LogP contribution < -0.4 is 0 Å². The Kier molecular flexibility index (Phi) is 4.34. The Balaban J connectivity index is 2.71. The zero-order valence-corrected chi connectivity index (χ0v) is 8.78. The van der Waals surface area contributed by atoms with Crippen molar-refractivity contribution in [3.8, 4) is 0 Å². The van der Waals surface area contributed by atoms with Gasteiger partial charge in [0, 0.05) is 18.7 Å². The molecule has 7 nitrogen and oxygen atoms in total. The van der Waals surface area contributed by atoms with Crippen molar-refractivity contribution in [3.05, 3.63) is 34.4 Å². The molecule has 1 aromatic rings. The van der Waals surface area contributed by atoms with Crippen LogP contribution in [0.3, 0.4) is 0 Å². The molecule has 0 atom stereocenters. The smallest absolute Gasteiger partial charge is 0.269 e. The summed E-state index contributed by atoms with van der Waals surface area (Å²) in [6.45, 7) is 2.14. The van der Waals surface area contributed by atoms with Gasteiger partial charge in [0.2, 0.25) is 0 Å². The number of hydrogen-bond acceptors (Lipinski definition) is 5. The van der Waals surface area contributed by atoms with Gasteiger partial charge in [0.05, 0.1) is 10.6 Å². The number of benzene rings is 1. The fraction of sp³-hybridized carbons (Fsp3) is 0.333. The number of rotatable bonds is 5. The van der Waals surface area contributed by atoms with Gasteiger partial charge in [-0.2, -0.15) is 0 Å². The van der Waals surface area contributed by atoms with Crippen LogP contribution in [-0.2, 0) is 0 Å². The second-order valence-electron chi connectivity index (χ2n) is 2.93. The van der Waals surface area contributed by atoms with E-state index in [1.54, 1.807) is 0 Å². The first-order valence-electron chi connectivity index (χ1n) is 4.69. The molecule has 0 aromatic heterocycles. The summed E-state index contributed by atoms with van der Waals surface area (Å²) in [5.41, 5.74) is 0.506. The van der Waals surface area contributed by atoms with Crippen molar-refractivity contribution in [2.75, 3.05) is 13.3 Å². The average molecular weight is 224 g/mol. The molecule has 0 saturated heterocycles. The topological polar surface area (TPSA) is 91.3 Å². The second kappa shape index (κ2) is 5.76. The largest absolute Gasteiger partial charge is 0.375 e. The molecule has 1 aromatic carbocycles. The molecule has 1 N–H and O–H groups in total. The molecule has 0 unspecified atom stereocenters. The van der Waals surface area contributed by atoms with Gasteiger partial charge in [-0.25, -0.2) is 0 Å². The maximum Gasteiger partial charge on any atom is 0.269 e. The monoisotopic (exact) mass is 224 g/mol. The van der Waals surface area contributed by atoms with Crippen molar-refractivity contribution in [1.82, 2.24) is 5.01 Å². The maximum atomic E-state index is 10.4. The molecule has 0 aliphatic carbocycles. The lowest BCUT2D eigenvalue weighted by molar-refractivity contribution is -0.384. The van der Waals surface area contributed by atoms with E-state index in [1.165, 1.54) is 29.3 Å². The van der Waals surface area contributed by atoms with Crippen LogP contribution in [0.2, 0.25) is 0 Å². The van der Waals surface area contributed by atoms with Crippen molar-refractivity contribution >= 4 is 11.4 Å². The zero-order chi connectivity index (χ0) is 12.0. The van der Waals surface area contributed by atoms with E-state index in [2.05, 4.69) is 10.3 Å². The molecular weight excluding hydrogens is 212 g/mol. The number of nitrogens with zero attached hydrogens (tertiary/aromatic N) is 4. The molecule has 0 aliphatic rings. The third kappa shape index (κ3) is 3.28. The van der Waals surface area contributed by atoms with E-state index in [-0.39, 0.29) is 12.4 Å². The lowest BCUT2D eigenvalue weighted by Crippen LogP contribution is -2.16. The SMILES string of the molecule is CCN(CO)N=Nc1ccc([N+](=O)[O-])cc1. The highest BCUT2D eigenvalue weighted by Gasteiger charge is 2.03. The Labute approximate surface area is 92.2 Å². The summed E-state index contributed by atoms with van der Waals surface area (Å²) in [5, 5.41) is 28.1. The van der Waals surface area contributed by atoms with Gasteiger partial charge in [-0.3, -0.25) is 15.1 Å². The van der Waals surface area contributed by atoms with Crippen LogP contribution in [0.15, 0.2) is 34.6 Å². The molecule has 86 valence electrons. The third-order valence-electron chi connectivity index (χ3n) is 1.88. The summed E-state index contributed by atoms with van der Waals surface area (Å²) in [7, 11) is 0. The molecule has 0 heterocycles. The first kappa shape index (κ1) is 12.1. The molecule has 7 heteroatoms. The van der Waals surface area contributed by atoms with Gasteiger partial charge in [0.15, 0.2) is 0 Å². The summed E-state index contributed by atoms with van der Waals surface area (Å²) in [4.78, 5) is 9.90. The van der Waals surface area contributed by atoms with E-state index in [4.69, 9.17) is 5.11 Å². The number of aliphatic hydroxyl groups excluding tert-OH is 1. The van der Waals surface area contributed by atoms with Gasteiger partial charge in [-0.15, -0.1) is 5.11 Å². The Bertz CT molecular complexity index is 373. The van der Waals surface area contributed by atoms with Gasteiger partial charge in [0.25, 0.3) is 5.69 Å². The Hall–Kier alpha value is -2.02. The predicted octanol–water partition coefficient (Wildman–Crippen LogP) is 1.87. The predicted molar refractivity (Wildman–Crippen MR) is 57.1 cm³/mol. The summed E-state index contributed by atoms with van der Waals surface area (Å²) < 4.78 is 0. The number of nitro benzene ring substituents is 1. The van der Waals surface area contributed by atoms with E-state index in [1.807, 2.05) is 6.92 Å². The van der Waals surface area contributed by atoms with Crippen molar-refractivity contribution < 1.29 is 10.0 Å². The highest BCUT2D eigenvalue weighted by molar-refractivity contribution is 5.43. The minimum atomic E-state index is -0.479. The molecule has 0 aliphatic heterocycles. The number of hydrogen-bond donors (Lipinski definition) is 1. The second-order valence-corrected chi connectivity index (χ2v) is 2.93. The summed E-state index contributed by atoms with van der Waals surface area (Å²) in [6.07, 6.45) is 0. The van der Waals surface area contributed by atoms with E-state index >= 15 is 0 Å². The minimum Gasteiger partial charge on any atom is -0.375 e. The van der Waals surface area contributed by atoms with Gasteiger partial charge in [0.1, 0.15) is 6.73 Å². The highest BCUT2D eigenvalue weighted by atomic mass is 16.6. The maximum absolute atomic E-state index is 10.4. The van der Waals surface area contributed by atoms with Crippen LogP contribution in [0.4, 0.5) is 11.4 Å². The van der Waals surface area contributed by atoms with Crippen LogP contribution >= 0.6 is 0 Å². The van der Waals surface area contributed by atoms with Crippen LogP contribution in [0.25, 0.3) is 0 Å². The Morgan fingerprint density at radius 3 is 2.50 bits per heavy atom. The normalized spacial score (nSPS) is 10.6. The molecule has 0 spiro atoms. The van der Waals surface area contributed by atoms with E-state index in [9.17, 15) is 10.1 Å². The van der Waals surface area contributed by atoms with Gasteiger partial charge in [-0.1, -0.05) is 5.22 Å². The Morgan fingerprint density at radius 1 is 1.44 bits per heavy atom. The van der Waals surface area contributed by atoms with E-state index in [0.29, 0.717) is 12.2 Å². The molecule has 0 saturated carbocycles. The van der Waals surface area contributed by atoms with Crippen LogP contribution in [0, 0.1) is 10.1 Å². The van der Waals surface area contributed by atoms with E-state index < -0.39 is 4.92 Å². The van der Waals surface area contributed by atoms with Crippen LogP contribution in [0.1, 0.15) is 6.92 Å². The first-order chi connectivity index (χ1) is 7.67. The van der Waals surface area contributed by atoms with Crippen molar-refractivity contribution in [2.24, 2.45) is 10.3 Å². The number of aliphatic hydroxyl groups is 1. The summed E-state index contributed by atoms with van der Waals surface area (Å²) in [6, 6.07) is 5.69. The fourth-order valence-corrected chi connectivity index (χ4v) is 0.947. The molecule has 0 amide bonds. The number of non-ortho nitro benzene ring substituents is 1. The molecule has 1 rings (SSSR count). The van der Waals surface area contributed by atoms with Crippen molar-refractivity contribution in [1.29, 1.82) is 0 Å². The standard InChI is InChI=1S/C9H12N4O3/c1-2-12(7-14)11-10-8-3-5-9(6-4-8)13(15)16/h3-6,14H,2,7H2,1H3. The molecule has 0 radical (unpaired) electrons. The van der Waals surface area contributed by atoms with Crippen LogP contribution in [-0.4, -0.2) is 28.3 Å². The summed E-state index contributed by atoms with van der Waals surface area (Å²) in [5.74, 6) is 0.